The molecule has 0 aliphatic rings. The lowest BCUT2D eigenvalue weighted by Gasteiger charge is -2.31. The van der Waals surface area contributed by atoms with Gasteiger partial charge in [-0.15, -0.1) is 0 Å². The molecule has 3 heteroatoms. The van der Waals surface area contributed by atoms with E-state index in [9.17, 15) is 0 Å². The summed E-state index contributed by atoms with van der Waals surface area (Å²) in [4.78, 5) is 6.84. The Labute approximate surface area is 121 Å². The highest BCUT2D eigenvalue weighted by atomic mass is 15.2. The van der Waals surface area contributed by atoms with Crippen molar-refractivity contribution < 1.29 is 0 Å². The van der Waals surface area contributed by atoms with Crippen LogP contribution in [0.25, 0.3) is 10.9 Å². The molecule has 1 aromatic heterocycles. The molecule has 0 fully saturated rings. The number of para-hydroxylation sites is 1. The summed E-state index contributed by atoms with van der Waals surface area (Å²) in [6.07, 6.45) is 5.47. The number of nitrogens with zero attached hydrogens (tertiary/aromatic N) is 2. The number of hydrogen-bond acceptors (Lipinski definition) is 3. The van der Waals surface area contributed by atoms with Crippen LogP contribution in [-0.4, -0.2) is 17.6 Å². The van der Waals surface area contributed by atoms with E-state index < -0.39 is 0 Å². The molecule has 2 rings (SSSR count). The summed E-state index contributed by atoms with van der Waals surface area (Å²) in [6, 6.07) is 8.66. The quantitative estimate of drug-likeness (QED) is 0.800. The molecule has 0 saturated carbocycles. The molecule has 0 aliphatic heterocycles. The predicted octanol–water partition coefficient (Wildman–Crippen LogP) is 4.22. The van der Waals surface area contributed by atoms with Gasteiger partial charge < -0.3 is 10.6 Å². The smallest absolute Gasteiger partial charge is 0.0745 e. The number of aromatic nitrogens is 1. The highest BCUT2D eigenvalue weighted by Crippen LogP contribution is 2.32. The molecule has 1 heterocycles. The van der Waals surface area contributed by atoms with E-state index in [-0.39, 0.29) is 0 Å². The molecule has 0 bridgehead atoms. The first kappa shape index (κ1) is 14.6. The van der Waals surface area contributed by atoms with Crippen molar-refractivity contribution in [1.82, 2.24) is 4.98 Å². The first-order valence-corrected chi connectivity index (χ1v) is 7.55. The lowest BCUT2D eigenvalue weighted by atomic mass is 10.1. The number of hydrogen-bond donors (Lipinski definition) is 1. The van der Waals surface area contributed by atoms with Gasteiger partial charge in [-0.1, -0.05) is 38.0 Å². The second kappa shape index (κ2) is 6.60. The fourth-order valence-corrected chi connectivity index (χ4v) is 2.62. The Balaban J connectivity index is 2.43. The highest BCUT2D eigenvalue weighted by Gasteiger charge is 2.16. The molecule has 0 spiro atoms. The molecule has 2 N–H and O–H groups in total. The standard InChI is InChI=1S/C17H25N3/c1-4-5-8-11-20(13(2)3)17-14-9-6-7-10-16(14)19-12-15(17)18/h6-7,9-10,12-13H,4-5,8,11,18H2,1-3H3. The molecule has 0 amide bonds. The van der Waals surface area contributed by atoms with E-state index in [1.807, 2.05) is 12.1 Å². The molecule has 1 aromatic carbocycles. The third-order valence-corrected chi connectivity index (χ3v) is 3.69. The first-order chi connectivity index (χ1) is 9.65. The number of rotatable bonds is 6. The van der Waals surface area contributed by atoms with Gasteiger partial charge in [0.1, 0.15) is 0 Å². The summed E-state index contributed by atoms with van der Waals surface area (Å²) in [5.74, 6) is 0. The van der Waals surface area contributed by atoms with Gasteiger partial charge in [-0.05, 0) is 26.3 Å². The molecular formula is C17H25N3. The van der Waals surface area contributed by atoms with Crippen LogP contribution in [0.5, 0.6) is 0 Å². The normalized spacial score (nSPS) is 11.2. The van der Waals surface area contributed by atoms with E-state index in [4.69, 9.17) is 5.73 Å². The summed E-state index contributed by atoms with van der Waals surface area (Å²) in [6.45, 7) is 7.72. The molecule has 0 radical (unpaired) electrons. The maximum atomic E-state index is 6.23. The Morgan fingerprint density at radius 3 is 2.65 bits per heavy atom. The minimum Gasteiger partial charge on any atom is -0.396 e. The fourth-order valence-electron chi connectivity index (χ4n) is 2.62. The van der Waals surface area contributed by atoms with Gasteiger partial charge in [-0.2, -0.15) is 0 Å². The monoisotopic (exact) mass is 271 g/mol. The van der Waals surface area contributed by atoms with Crippen molar-refractivity contribution in [2.75, 3.05) is 17.2 Å². The Hall–Kier alpha value is -1.77. The van der Waals surface area contributed by atoms with E-state index in [2.05, 4.69) is 42.8 Å². The van der Waals surface area contributed by atoms with Crippen molar-refractivity contribution >= 4 is 22.3 Å². The third-order valence-electron chi connectivity index (χ3n) is 3.69. The van der Waals surface area contributed by atoms with Crippen molar-refractivity contribution in [3.05, 3.63) is 30.5 Å². The highest BCUT2D eigenvalue weighted by molar-refractivity contribution is 5.97. The number of nitrogens with two attached hydrogens (primary N) is 1. The summed E-state index contributed by atoms with van der Waals surface area (Å²) in [5.41, 5.74) is 9.15. The fraction of sp³-hybridized carbons (Fsp3) is 0.471. The second-order valence-corrected chi connectivity index (χ2v) is 5.57. The number of nitrogen functional groups attached to an aromatic ring is 1. The summed E-state index contributed by atoms with van der Waals surface area (Å²) < 4.78 is 0. The van der Waals surface area contributed by atoms with Gasteiger partial charge in [0.05, 0.1) is 23.1 Å². The van der Waals surface area contributed by atoms with E-state index in [0.717, 1.165) is 28.8 Å². The average Bonchev–Trinajstić information content (AvgIpc) is 2.44. The Morgan fingerprint density at radius 2 is 1.95 bits per heavy atom. The molecule has 0 atom stereocenters. The minimum atomic E-state index is 0.431. The average molecular weight is 271 g/mol. The molecule has 2 aromatic rings. The molecule has 0 aliphatic carbocycles. The van der Waals surface area contributed by atoms with Gasteiger partial charge in [0.15, 0.2) is 0 Å². The van der Waals surface area contributed by atoms with Crippen LogP contribution in [-0.2, 0) is 0 Å². The van der Waals surface area contributed by atoms with Gasteiger partial charge in [-0.3, -0.25) is 4.98 Å². The number of benzene rings is 1. The topological polar surface area (TPSA) is 42.1 Å². The Morgan fingerprint density at radius 1 is 1.20 bits per heavy atom. The van der Waals surface area contributed by atoms with E-state index in [1.165, 1.54) is 19.3 Å². The number of pyridine rings is 1. The van der Waals surface area contributed by atoms with Crippen LogP contribution in [0.2, 0.25) is 0 Å². The van der Waals surface area contributed by atoms with Crippen molar-refractivity contribution in [1.29, 1.82) is 0 Å². The van der Waals surface area contributed by atoms with Crippen molar-refractivity contribution in [3.8, 4) is 0 Å². The van der Waals surface area contributed by atoms with E-state index in [0.29, 0.717) is 6.04 Å². The largest absolute Gasteiger partial charge is 0.396 e. The zero-order chi connectivity index (χ0) is 14.5. The van der Waals surface area contributed by atoms with Crippen LogP contribution in [0.15, 0.2) is 30.5 Å². The van der Waals surface area contributed by atoms with Crippen LogP contribution < -0.4 is 10.6 Å². The van der Waals surface area contributed by atoms with Gasteiger partial charge in [-0.25, -0.2) is 0 Å². The predicted molar refractivity (Wildman–Crippen MR) is 88.2 cm³/mol. The van der Waals surface area contributed by atoms with Crippen LogP contribution in [0.3, 0.4) is 0 Å². The summed E-state index contributed by atoms with van der Waals surface area (Å²) in [7, 11) is 0. The Kier molecular flexibility index (Phi) is 4.83. The maximum Gasteiger partial charge on any atom is 0.0745 e. The second-order valence-electron chi connectivity index (χ2n) is 5.57. The lowest BCUT2D eigenvalue weighted by molar-refractivity contribution is 0.628. The minimum absolute atomic E-state index is 0.431. The van der Waals surface area contributed by atoms with Gasteiger partial charge in [0.25, 0.3) is 0 Å². The van der Waals surface area contributed by atoms with Crippen molar-refractivity contribution in [2.24, 2.45) is 0 Å². The molecule has 3 nitrogen and oxygen atoms in total. The number of fused-ring (bicyclic) bond motifs is 1. The molecule has 0 saturated heterocycles. The molecule has 0 unspecified atom stereocenters. The van der Waals surface area contributed by atoms with Crippen LogP contribution in [0.1, 0.15) is 40.0 Å². The summed E-state index contributed by atoms with van der Waals surface area (Å²) in [5, 5.41) is 1.15. The molecule has 108 valence electrons. The van der Waals surface area contributed by atoms with Crippen LogP contribution in [0.4, 0.5) is 11.4 Å². The summed E-state index contributed by atoms with van der Waals surface area (Å²) >= 11 is 0. The van der Waals surface area contributed by atoms with Gasteiger partial charge in [0.2, 0.25) is 0 Å². The molecule has 20 heavy (non-hydrogen) atoms. The molecular weight excluding hydrogens is 246 g/mol. The zero-order valence-electron chi connectivity index (χ0n) is 12.8. The lowest BCUT2D eigenvalue weighted by Crippen LogP contribution is -2.32. The first-order valence-electron chi connectivity index (χ1n) is 7.55. The maximum absolute atomic E-state index is 6.23. The number of unbranched alkanes of at least 4 members (excludes halogenated alkanes) is 2. The van der Waals surface area contributed by atoms with Gasteiger partial charge in [0, 0.05) is 18.0 Å². The van der Waals surface area contributed by atoms with Crippen molar-refractivity contribution in [3.63, 3.8) is 0 Å². The van der Waals surface area contributed by atoms with Gasteiger partial charge >= 0.3 is 0 Å². The van der Waals surface area contributed by atoms with E-state index in [1.54, 1.807) is 6.20 Å². The van der Waals surface area contributed by atoms with Crippen molar-refractivity contribution in [2.45, 2.75) is 46.1 Å². The zero-order valence-corrected chi connectivity index (χ0v) is 12.8. The third kappa shape index (κ3) is 3.03. The Bertz CT molecular complexity index is 563. The van der Waals surface area contributed by atoms with E-state index >= 15 is 0 Å². The SMILES string of the molecule is CCCCCN(c1c(N)cnc2ccccc12)C(C)C. The van der Waals surface area contributed by atoms with Crippen LogP contribution >= 0.6 is 0 Å². The number of anilines is 2. The van der Waals surface area contributed by atoms with Crippen LogP contribution in [0, 0.1) is 0 Å².